The Morgan fingerprint density at radius 2 is 1.07 bits per heavy atom. The van der Waals surface area contributed by atoms with Gasteiger partial charge < -0.3 is 5.32 Å². The molecule has 0 amide bonds. The van der Waals surface area contributed by atoms with E-state index in [-0.39, 0.29) is 11.6 Å². The van der Waals surface area contributed by atoms with Crippen LogP contribution in [0.4, 0.5) is 0 Å². The number of hydrogen-bond acceptors (Lipinski definition) is 4. The Morgan fingerprint density at radius 3 is 1.82 bits per heavy atom. The summed E-state index contributed by atoms with van der Waals surface area (Å²) in [5.41, 5.74) is 12.7. The van der Waals surface area contributed by atoms with Gasteiger partial charge in [-0.25, -0.2) is 9.98 Å². The van der Waals surface area contributed by atoms with Crippen molar-refractivity contribution in [2.24, 2.45) is 9.98 Å². The maximum absolute atomic E-state index is 5.30. The Hall–Kier alpha value is -7.17. The zero-order valence-electron chi connectivity index (χ0n) is 31.7. The topological polar surface area (TPSA) is 49.6 Å². The van der Waals surface area contributed by atoms with E-state index in [1.165, 1.54) is 60.1 Å². The second kappa shape index (κ2) is 13.0. The van der Waals surface area contributed by atoms with E-state index in [1.807, 2.05) is 24.4 Å². The minimum atomic E-state index is -0.350. The molecule has 57 heavy (non-hydrogen) atoms. The maximum Gasteiger partial charge on any atom is 0.159 e. The van der Waals surface area contributed by atoms with Crippen LogP contribution in [-0.2, 0) is 5.41 Å². The molecule has 1 N–H and O–H groups in total. The van der Waals surface area contributed by atoms with E-state index in [4.69, 9.17) is 9.98 Å². The molecule has 2 aliphatic rings. The van der Waals surface area contributed by atoms with Gasteiger partial charge in [-0.2, -0.15) is 0 Å². The zero-order valence-corrected chi connectivity index (χ0v) is 31.7. The molecule has 4 heteroatoms. The normalized spacial score (nSPS) is 15.5. The van der Waals surface area contributed by atoms with Gasteiger partial charge in [0.15, 0.2) is 5.84 Å². The molecule has 0 saturated carbocycles. The molecule has 0 spiro atoms. The number of rotatable bonds is 5. The second-order valence-corrected chi connectivity index (χ2v) is 15.7. The number of nitrogens with zero attached hydrogens (tertiary/aromatic N) is 3. The predicted octanol–water partition coefficient (Wildman–Crippen LogP) is 12.7. The summed E-state index contributed by atoms with van der Waals surface area (Å²) < 4.78 is 0. The second-order valence-electron chi connectivity index (χ2n) is 15.7. The summed E-state index contributed by atoms with van der Waals surface area (Å²) in [6, 6.07) is 63.1. The molecule has 0 saturated heterocycles. The molecule has 4 nitrogen and oxygen atoms in total. The monoisotopic (exact) mass is 730 g/mol. The minimum Gasteiger partial charge on any atom is -0.344 e. The highest BCUT2D eigenvalue weighted by Crippen LogP contribution is 2.49. The van der Waals surface area contributed by atoms with Gasteiger partial charge in [0.25, 0.3) is 0 Å². The molecule has 270 valence electrons. The predicted molar refractivity (Wildman–Crippen MR) is 237 cm³/mol. The summed E-state index contributed by atoms with van der Waals surface area (Å²) in [6.07, 6.45) is 1.48. The molecule has 8 aromatic carbocycles. The fourth-order valence-electron chi connectivity index (χ4n) is 9.04. The number of amidine groups is 2. The molecule has 1 aromatic heterocycles. The first-order valence-corrected chi connectivity index (χ1v) is 19.6. The Labute approximate surface area is 332 Å². The fourth-order valence-corrected chi connectivity index (χ4v) is 9.04. The van der Waals surface area contributed by atoms with Crippen molar-refractivity contribution in [3.63, 3.8) is 0 Å². The van der Waals surface area contributed by atoms with Gasteiger partial charge in [0.05, 0.1) is 5.69 Å². The van der Waals surface area contributed by atoms with Crippen molar-refractivity contribution in [2.75, 3.05) is 0 Å². The molecule has 0 bridgehead atoms. The standard InChI is InChI=1S/C53H38N4/c1-53(2)47-19-8-7-18-44(47)45-28-25-36(32-48(45)53)35-12-11-13-37(30-35)51-55-50(34-23-21-33(22-24-34)49-20-9-10-29-54-49)56-52(57-51)38-26-27-43-41-16-4-3-14-39(41)40-15-5-6-17-42(40)46(43)31-38/h3-32,50H,1-2H3,(H,55,56,57). The Kier molecular flexibility index (Phi) is 7.55. The van der Waals surface area contributed by atoms with E-state index >= 15 is 0 Å². The lowest BCUT2D eigenvalue weighted by atomic mass is 9.81. The lowest BCUT2D eigenvalue weighted by Gasteiger charge is -2.24. The van der Waals surface area contributed by atoms with Crippen LogP contribution in [0, 0.1) is 0 Å². The third-order valence-corrected chi connectivity index (χ3v) is 12.0. The van der Waals surface area contributed by atoms with Gasteiger partial charge in [-0.05, 0) is 102 Å². The van der Waals surface area contributed by atoms with Crippen molar-refractivity contribution < 1.29 is 0 Å². The van der Waals surface area contributed by atoms with Crippen molar-refractivity contribution in [2.45, 2.75) is 25.4 Å². The summed E-state index contributed by atoms with van der Waals surface area (Å²) in [4.78, 5) is 15.2. The SMILES string of the molecule is CC1(C)c2ccccc2-c2ccc(-c3cccc(C4=NC(c5ccc(-c6ccccn6)cc5)NC(c5ccc6c7ccccc7c7ccccc7c6c5)=N4)c3)cc21. The summed E-state index contributed by atoms with van der Waals surface area (Å²) in [5, 5.41) is 11.2. The highest BCUT2D eigenvalue weighted by atomic mass is 15.2. The van der Waals surface area contributed by atoms with Crippen LogP contribution in [0.2, 0.25) is 0 Å². The number of aliphatic imine (C=N–C) groups is 2. The summed E-state index contributed by atoms with van der Waals surface area (Å²) >= 11 is 0. The third-order valence-electron chi connectivity index (χ3n) is 12.0. The molecule has 1 aliphatic heterocycles. The van der Waals surface area contributed by atoms with Gasteiger partial charge in [0, 0.05) is 28.3 Å². The summed E-state index contributed by atoms with van der Waals surface area (Å²) in [7, 11) is 0. The van der Waals surface area contributed by atoms with Crippen LogP contribution >= 0.6 is 0 Å². The number of fused-ring (bicyclic) bond motifs is 9. The third kappa shape index (κ3) is 5.48. The van der Waals surface area contributed by atoms with Crippen LogP contribution in [0.25, 0.3) is 65.8 Å². The Bertz CT molecular complexity index is 3090. The van der Waals surface area contributed by atoms with Gasteiger partial charge in [-0.3, -0.25) is 4.98 Å². The van der Waals surface area contributed by atoms with Gasteiger partial charge in [0.1, 0.15) is 12.0 Å². The summed E-state index contributed by atoms with van der Waals surface area (Å²) in [5.74, 6) is 1.49. The zero-order chi connectivity index (χ0) is 38.1. The van der Waals surface area contributed by atoms with Crippen LogP contribution < -0.4 is 5.32 Å². The minimum absolute atomic E-state index is 0.0747. The van der Waals surface area contributed by atoms with Crippen LogP contribution in [0.15, 0.2) is 192 Å². The molecule has 2 heterocycles. The van der Waals surface area contributed by atoms with E-state index in [9.17, 15) is 0 Å². The molecule has 1 unspecified atom stereocenters. The van der Waals surface area contributed by atoms with Gasteiger partial charge in [-0.15, -0.1) is 0 Å². The molecular formula is C53H38N4. The number of hydrogen-bond donors (Lipinski definition) is 1. The van der Waals surface area contributed by atoms with Gasteiger partial charge >= 0.3 is 0 Å². The molecular weight excluding hydrogens is 693 g/mol. The van der Waals surface area contributed by atoms with Crippen LogP contribution in [0.5, 0.6) is 0 Å². The molecule has 1 aliphatic carbocycles. The molecule has 11 rings (SSSR count). The summed E-state index contributed by atoms with van der Waals surface area (Å²) in [6.45, 7) is 4.66. The number of nitrogens with one attached hydrogen (secondary N) is 1. The average molecular weight is 731 g/mol. The Balaban J connectivity index is 1.03. The van der Waals surface area contributed by atoms with E-state index in [1.54, 1.807) is 0 Å². The van der Waals surface area contributed by atoms with Gasteiger partial charge in [0.2, 0.25) is 0 Å². The first-order valence-electron chi connectivity index (χ1n) is 19.6. The molecule has 9 aromatic rings. The van der Waals surface area contributed by atoms with E-state index in [0.29, 0.717) is 5.84 Å². The highest BCUT2D eigenvalue weighted by Gasteiger charge is 2.35. The van der Waals surface area contributed by atoms with E-state index < -0.39 is 0 Å². The first-order chi connectivity index (χ1) is 28.0. The van der Waals surface area contributed by atoms with Crippen molar-refractivity contribution in [3.05, 3.63) is 210 Å². The van der Waals surface area contributed by atoms with Crippen LogP contribution in [-0.4, -0.2) is 16.7 Å². The largest absolute Gasteiger partial charge is 0.344 e. The number of benzene rings is 8. The Morgan fingerprint density at radius 1 is 0.456 bits per heavy atom. The average Bonchev–Trinajstić information content (AvgIpc) is 3.51. The van der Waals surface area contributed by atoms with Gasteiger partial charge in [-0.1, -0.05) is 159 Å². The fraction of sp³-hybridized carbons (Fsp3) is 0.0755. The maximum atomic E-state index is 5.30. The van der Waals surface area contributed by atoms with Crippen molar-refractivity contribution in [1.29, 1.82) is 0 Å². The van der Waals surface area contributed by atoms with E-state index in [2.05, 4.69) is 182 Å². The lowest BCUT2D eigenvalue weighted by molar-refractivity contribution is 0.660. The van der Waals surface area contributed by atoms with E-state index in [0.717, 1.165) is 39.3 Å². The molecule has 0 fully saturated rings. The van der Waals surface area contributed by atoms with Crippen LogP contribution in [0.1, 0.15) is 47.8 Å². The first kappa shape index (κ1) is 33.2. The highest BCUT2D eigenvalue weighted by molar-refractivity contribution is 6.26. The quantitative estimate of drug-likeness (QED) is 0.179. The number of aromatic nitrogens is 1. The van der Waals surface area contributed by atoms with Crippen molar-refractivity contribution >= 4 is 44.0 Å². The number of pyridine rings is 1. The van der Waals surface area contributed by atoms with Crippen molar-refractivity contribution in [1.82, 2.24) is 10.3 Å². The van der Waals surface area contributed by atoms with Crippen molar-refractivity contribution in [3.8, 4) is 33.5 Å². The smallest absolute Gasteiger partial charge is 0.159 e. The molecule has 0 radical (unpaired) electrons. The van der Waals surface area contributed by atoms with Crippen LogP contribution in [0.3, 0.4) is 0 Å². The molecule has 1 atom stereocenters. The lowest BCUT2D eigenvalue weighted by Crippen LogP contribution is -2.33.